The number of hydrogen-bond acceptors (Lipinski definition) is 1. The summed E-state index contributed by atoms with van der Waals surface area (Å²) in [6.07, 6.45) is 0. The van der Waals surface area contributed by atoms with E-state index in [2.05, 4.69) is 0 Å². The van der Waals surface area contributed by atoms with E-state index in [1.54, 1.807) is 0 Å². The third-order valence-corrected chi connectivity index (χ3v) is 2.35. The molecule has 0 atom stereocenters. The lowest BCUT2D eigenvalue weighted by Crippen LogP contribution is -2.00. The minimum atomic E-state index is 0. The van der Waals surface area contributed by atoms with Crippen molar-refractivity contribution in [1.29, 1.82) is 0 Å². The van der Waals surface area contributed by atoms with Gasteiger partial charge in [0.15, 0.2) is 5.78 Å². The maximum absolute atomic E-state index is 12.0. The fourth-order valence-corrected chi connectivity index (χ4v) is 1.46. The molecule has 0 heterocycles. The van der Waals surface area contributed by atoms with E-state index in [0.717, 1.165) is 11.1 Å². The zero-order valence-corrected chi connectivity index (χ0v) is 9.83. The van der Waals surface area contributed by atoms with Crippen molar-refractivity contribution in [3.8, 4) is 0 Å². The zero-order valence-electron chi connectivity index (χ0n) is 9.01. The van der Waals surface area contributed by atoms with Crippen LogP contribution in [0.15, 0.2) is 54.6 Å². The Balaban J connectivity index is 0.00000128. The molecule has 0 fully saturated rings. The van der Waals surface area contributed by atoms with E-state index in [4.69, 9.17) is 0 Å². The summed E-state index contributed by atoms with van der Waals surface area (Å²) in [6.45, 7) is 2.01. The molecule has 1 nitrogen and oxygen atoms in total. The van der Waals surface area contributed by atoms with Gasteiger partial charge in [0.05, 0.1) is 0 Å². The highest BCUT2D eigenvalue weighted by atomic mass is 35.5. The molecule has 0 aliphatic rings. The standard InChI is InChI=1S/C14H12O.ClH/c1-11-7-9-13(10-8-11)14(15)12-5-3-2-4-6-12;/h2-10H,1H3;1H. The molecule has 0 aromatic heterocycles. The summed E-state index contributed by atoms with van der Waals surface area (Å²) in [7, 11) is 0. The molecule has 0 saturated carbocycles. The Bertz CT molecular complexity index is 460. The number of hydrogen-bond donors (Lipinski definition) is 0. The van der Waals surface area contributed by atoms with Gasteiger partial charge in [-0.05, 0) is 6.92 Å². The summed E-state index contributed by atoms with van der Waals surface area (Å²) in [5.74, 6) is 0.0793. The number of aryl methyl sites for hydroxylation is 1. The van der Waals surface area contributed by atoms with Crippen LogP contribution in [0.3, 0.4) is 0 Å². The molecule has 2 heteroatoms. The highest BCUT2D eigenvalue weighted by Crippen LogP contribution is 2.10. The molecule has 0 unspecified atom stereocenters. The van der Waals surface area contributed by atoms with Gasteiger partial charge in [0.25, 0.3) is 0 Å². The van der Waals surface area contributed by atoms with E-state index in [1.165, 1.54) is 5.56 Å². The lowest BCUT2D eigenvalue weighted by molar-refractivity contribution is 0.103. The molecule has 0 spiro atoms. The molecule has 0 saturated heterocycles. The van der Waals surface area contributed by atoms with E-state index in [-0.39, 0.29) is 18.2 Å². The Morgan fingerprint density at radius 1 is 0.812 bits per heavy atom. The SMILES string of the molecule is Cc1ccc(C(=O)c2ccccc2)cc1.Cl. The summed E-state index contributed by atoms with van der Waals surface area (Å²) in [5, 5.41) is 0. The molecule has 0 N–H and O–H groups in total. The third kappa shape index (κ3) is 2.71. The summed E-state index contributed by atoms with van der Waals surface area (Å²) < 4.78 is 0. The summed E-state index contributed by atoms with van der Waals surface area (Å²) in [6, 6.07) is 17.0. The largest absolute Gasteiger partial charge is 0.289 e. The molecular weight excluding hydrogens is 220 g/mol. The molecular formula is C14H13ClO. The molecule has 82 valence electrons. The van der Waals surface area contributed by atoms with E-state index < -0.39 is 0 Å². The monoisotopic (exact) mass is 232 g/mol. The van der Waals surface area contributed by atoms with Gasteiger partial charge in [-0.3, -0.25) is 4.79 Å². The van der Waals surface area contributed by atoms with E-state index >= 15 is 0 Å². The predicted octanol–water partition coefficient (Wildman–Crippen LogP) is 3.65. The van der Waals surface area contributed by atoms with Gasteiger partial charge in [0.1, 0.15) is 0 Å². The lowest BCUT2D eigenvalue weighted by atomic mass is 10.0. The zero-order chi connectivity index (χ0) is 10.7. The van der Waals surface area contributed by atoms with Crippen LogP contribution < -0.4 is 0 Å². The molecule has 0 aliphatic carbocycles. The van der Waals surface area contributed by atoms with Gasteiger partial charge in [0.2, 0.25) is 0 Å². The number of carbonyl (C=O) groups is 1. The highest BCUT2D eigenvalue weighted by Gasteiger charge is 2.06. The first kappa shape index (κ1) is 12.5. The summed E-state index contributed by atoms with van der Waals surface area (Å²) in [5.41, 5.74) is 2.65. The minimum Gasteiger partial charge on any atom is -0.289 e. The fourth-order valence-electron chi connectivity index (χ4n) is 1.46. The van der Waals surface area contributed by atoms with Crippen molar-refractivity contribution in [2.75, 3.05) is 0 Å². The average Bonchev–Trinajstić information content (AvgIpc) is 2.30. The first-order chi connectivity index (χ1) is 7.27. The molecule has 0 bridgehead atoms. The highest BCUT2D eigenvalue weighted by molar-refractivity contribution is 6.08. The molecule has 0 radical (unpaired) electrons. The van der Waals surface area contributed by atoms with E-state index in [0.29, 0.717) is 0 Å². The predicted molar refractivity (Wildman–Crippen MR) is 68.3 cm³/mol. The van der Waals surface area contributed by atoms with Crippen molar-refractivity contribution < 1.29 is 4.79 Å². The topological polar surface area (TPSA) is 17.1 Å². The molecule has 0 aliphatic heterocycles. The lowest BCUT2D eigenvalue weighted by Gasteiger charge is -2.00. The van der Waals surface area contributed by atoms with E-state index in [9.17, 15) is 4.79 Å². The van der Waals surface area contributed by atoms with Crippen LogP contribution in [-0.2, 0) is 0 Å². The molecule has 2 rings (SSSR count). The molecule has 2 aromatic rings. The van der Waals surface area contributed by atoms with Crippen LogP contribution >= 0.6 is 12.4 Å². The van der Waals surface area contributed by atoms with Gasteiger partial charge < -0.3 is 0 Å². The number of rotatable bonds is 2. The van der Waals surface area contributed by atoms with Gasteiger partial charge in [-0.1, -0.05) is 60.2 Å². The summed E-state index contributed by atoms with van der Waals surface area (Å²) in [4.78, 5) is 12.0. The van der Waals surface area contributed by atoms with Crippen LogP contribution in [0.25, 0.3) is 0 Å². The second kappa shape index (κ2) is 5.47. The van der Waals surface area contributed by atoms with Gasteiger partial charge in [-0.25, -0.2) is 0 Å². The van der Waals surface area contributed by atoms with Crippen LogP contribution in [0.4, 0.5) is 0 Å². The number of halogens is 1. The Kier molecular flexibility index (Phi) is 4.27. The maximum Gasteiger partial charge on any atom is 0.193 e. The molecule has 2 aromatic carbocycles. The van der Waals surface area contributed by atoms with Crippen LogP contribution in [0.2, 0.25) is 0 Å². The Morgan fingerprint density at radius 3 is 1.88 bits per heavy atom. The third-order valence-electron chi connectivity index (χ3n) is 2.35. The van der Waals surface area contributed by atoms with Crippen LogP contribution in [0.1, 0.15) is 21.5 Å². The van der Waals surface area contributed by atoms with Gasteiger partial charge >= 0.3 is 0 Å². The molecule has 16 heavy (non-hydrogen) atoms. The number of ketones is 1. The van der Waals surface area contributed by atoms with Crippen LogP contribution in [-0.4, -0.2) is 5.78 Å². The average molecular weight is 233 g/mol. The Hall–Kier alpha value is -1.60. The normalized spacial score (nSPS) is 9.31. The van der Waals surface area contributed by atoms with Crippen molar-refractivity contribution in [1.82, 2.24) is 0 Å². The second-order valence-electron chi connectivity index (χ2n) is 3.56. The number of benzene rings is 2. The van der Waals surface area contributed by atoms with Crippen molar-refractivity contribution in [3.05, 3.63) is 71.3 Å². The van der Waals surface area contributed by atoms with Gasteiger partial charge in [-0.2, -0.15) is 0 Å². The second-order valence-corrected chi connectivity index (χ2v) is 3.56. The van der Waals surface area contributed by atoms with Gasteiger partial charge in [-0.15, -0.1) is 12.4 Å². The first-order valence-corrected chi connectivity index (χ1v) is 4.94. The minimum absolute atomic E-state index is 0. The maximum atomic E-state index is 12.0. The first-order valence-electron chi connectivity index (χ1n) is 4.94. The van der Waals surface area contributed by atoms with Crippen molar-refractivity contribution >= 4 is 18.2 Å². The van der Waals surface area contributed by atoms with E-state index in [1.807, 2.05) is 61.5 Å². The van der Waals surface area contributed by atoms with Crippen molar-refractivity contribution in [2.24, 2.45) is 0 Å². The van der Waals surface area contributed by atoms with Crippen LogP contribution in [0.5, 0.6) is 0 Å². The fraction of sp³-hybridized carbons (Fsp3) is 0.0714. The smallest absolute Gasteiger partial charge is 0.193 e. The van der Waals surface area contributed by atoms with Crippen LogP contribution in [0, 0.1) is 6.92 Å². The molecule has 0 amide bonds. The van der Waals surface area contributed by atoms with Crippen molar-refractivity contribution in [3.63, 3.8) is 0 Å². The Morgan fingerprint density at radius 2 is 1.31 bits per heavy atom. The number of carbonyl (C=O) groups excluding carboxylic acids is 1. The Labute approximate surface area is 102 Å². The van der Waals surface area contributed by atoms with Gasteiger partial charge in [0, 0.05) is 11.1 Å². The van der Waals surface area contributed by atoms with Crippen molar-refractivity contribution in [2.45, 2.75) is 6.92 Å². The quantitative estimate of drug-likeness (QED) is 0.723. The summed E-state index contributed by atoms with van der Waals surface area (Å²) >= 11 is 0.